The molecule has 2 N–H and O–H groups in total. The van der Waals surface area contributed by atoms with Crippen LogP contribution in [0.2, 0.25) is 0 Å². The highest BCUT2D eigenvalue weighted by Crippen LogP contribution is 2.31. The molecule has 0 amide bonds. The topological polar surface area (TPSA) is 35.2 Å². The highest BCUT2D eigenvalue weighted by atomic mass is 79.9. The molecular weight excluding hydrogens is 278 g/mol. The van der Waals surface area contributed by atoms with E-state index in [1.165, 1.54) is 0 Å². The van der Waals surface area contributed by atoms with Gasteiger partial charge < -0.3 is 10.5 Å². The van der Waals surface area contributed by atoms with Crippen LogP contribution in [0.25, 0.3) is 0 Å². The maximum absolute atomic E-state index is 5.88. The van der Waals surface area contributed by atoms with Crippen LogP contribution in [-0.4, -0.2) is 0 Å². The second-order valence-corrected chi connectivity index (χ2v) is 4.69. The fourth-order valence-electron chi connectivity index (χ4n) is 1.53. The number of halogens is 1. The number of rotatable bonds is 3. The first-order valence-corrected chi connectivity index (χ1v) is 6.22. The lowest BCUT2D eigenvalue weighted by Crippen LogP contribution is -1.97. The quantitative estimate of drug-likeness (QED) is 0.927. The van der Waals surface area contributed by atoms with E-state index in [1.807, 2.05) is 49.4 Å². The molecule has 17 heavy (non-hydrogen) atoms. The lowest BCUT2D eigenvalue weighted by atomic mass is 10.1. The minimum Gasteiger partial charge on any atom is -0.456 e. The van der Waals surface area contributed by atoms with E-state index in [4.69, 9.17) is 10.5 Å². The van der Waals surface area contributed by atoms with Crippen molar-refractivity contribution in [1.82, 2.24) is 0 Å². The first kappa shape index (κ1) is 12.1. The Morgan fingerprint density at radius 1 is 1.12 bits per heavy atom. The average Bonchev–Trinajstić information content (AvgIpc) is 2.35. The van der Waals surface area contributed by atoms with Crippen LogP contribution >= 0.6 is 15.9 Å². The van der Waals surface area contributed by atoms with Gasteiger partial charge in [-0.25, -0.2) is 0 Å². The molecule has 0 aliphatic carbocycles. The molecule has 2 nitrogen and oxygen atoms in total. The molecule has 0 atom stereocenters. The van der Waals surface area contributed by atoms with E-state index < -0.39 is 0 Å². The summed E-state index contributed by atoms with van der Waals surface area (Å²) in [7, 11) is 0. The summed E-state index contributed by atoms with van der Waals surface area (Å²) in [6, 6.07) is 13.8. The Hall–Kier alpha value is -1.32. The normalized spacial score (nSPS) is 10.3. The van der Waals surface area contributed by atoms with Crippen LogP contribution < -0.4 is 10.5 Å². The maximum atomic E-state index is 5.88. The third kappa shape index (κ3) is 2.87. The van der Waals surface area contributed by atoms with Crippen LogP contribution in [0.4, 0.5) is 0 Å². The summed E-state index contributed by atoms with van der Waals surface area (Å²) >= 11 is 3.46. The molecule has 3 heteroatoms. The van der Waals surface area contributed by atoms with E-state index in [1.54, 1.807) is 0 Å². The number of ether oxygens (including phenoxy) is 1. The molecule has 88 valence electrons. The molecule has 0 fully saturated rings. The van der Waals surface area contributed by atoms with Crippen molar-refractivity contribution in [2.24, 2.45) is 5.73 Å². The van der Waals surface area contributed by atoms with Crippen molar-refractivity contribution in [3.63, 3.8) is 0 Å². The fraction of sp³-hybridized carbons (Fsp3) is 0.143. The number of benzene rings is 2. The minimum atomic E-state index is 0.520. The highest BCUT2D eigenvalue weighted by molar-refractivity contribution is 9.10. The van der Waals surface area contributed by atoms with Gasteiger partial charge in [-0.1, -0.05) is 24.3 Å². The molecule has 0 unspecified atom stereocenters. The van der Waals surface area contributed by atoms with Gasteiger partial charge in [-0.2, -0.15) is 0 Å². The second-order valence-electron chi connectivity index (χ2n) is 3.84. The zero-order valence-corrected chi connectivity index (χ0v) is 11.2. The van der Waals surface area contributed by atoms with Gasteiger partial charge in [0.2, 0.25) is 0 Å². The number of aryl methyl sites for hydroxylation is 1. The van der Waals surface area contributed by atoms with Gasteiger partial charge in [-0.15, -0.1) is 0 Å². The largest absolute Gasteiger partial charge is 0.456 e. The summed E-state index contributed by atoms with van der Waals surface area (Å²) in [5, 5.41) is 0. The van der Waals surface area contributed by atoms with Crippen molar-refractivity contribution < 1.29 is 4.74 Å². The Morgan fingerprint density at radius 2 is 1.88 bits per heavy atom. The zero-order valence-electron chi connectivity index (χ0n) is 9.61. The van der Waals surface area contributed by atoms with Gasteiger partial charge in [0.05, 0.1) is 4.47 Å². The van der Waals surface area contributed by atoms with Gasteiger partial charge in [0.1, 0.15) is 11.5 Å². The van der Waals surface area contributed by atoms with Crippen LogP contribution in [0, 0.1) is 6.92 Å². The molecule has 0 aliphatic rings. The van der Waals surface area contributed by atoms with Gasteiger partial charge in [-0.3, -0.25) is 0 Å². The van der Waals surface area contributed by atoms with Gasteiger partial charge in [0, 0.05) is 6.54 Å². The van der Waals surface area contributed by atoms with Gasteiger partial charge in [0.25, 0.3) is 0 Å². The first-order chi connectivity index (χ1) is 8.20. The molecule has 2 rings (SSSR count). The minimum absolute atomic E-state index is 0.520. The van der Waals surface area contributed by atoms with E-state index in [0.29, 0.717) is 6.54 Å². The van der Waals surface area contributed by atoms with Crippen molar-refractivity contribution in [3.8, 4) is 11.5 Å². The van der Waals surface area contributed by atoms with Gasteiger partial charge >= 0.3 is 0 Å². The number of hydrogen-bond acceptors (Lipinski definition) is 2. The molecule has 0 radical (unpaired) electrons. The molecule has 0 spiro atoms. The summed E-state index contributed by atoms with van der Waals surface area (Å²) < 4.78 is 6.82. The summed E-state index contributed by atoms with van der Waals surface area (Å²) in [6.45, 7) is 2.54. The van der Waals surface area contributed by atoms with Gasteiger partial charge in [-0.05, 0) is 52.2 Å². The van der Waals surface area contributed by atoms with Gasteiger partial charge in [0.15, 0.2) is 0 Å². The Bertz CT molecular complexity index is 525. The smallest absolute Gasteiger partial charge is 0.141 e. The molecule has 2 aromatic rings. The van der Waals surface area contributed by atoms with Crippen molar-refractivity contribution >= 4 is 15.9 Å². The molecular formula is C14H14BrNO. The van der Waals surface area contributed by atoms with Crippen molar-refractivity contribution in [2.75, 3.05) is 0 Å². The van der Waals surface area contributed by atoms with E-state index in [9.17, 15) is 0 Å². The highest BCUT2D eigenvalue weighted by Gasteiger charge is 2.05. The average molecular weight is 292 g/mol. The summed E-state index contributed by atoms with van der Waals surface area (Å²) in [6.07, 6.45) is 0. The molecule has 0 aliphatic heterocycles. The van der Waals surface area contributed by atoms with Crippen LogP contribution in [0.1, 0.15) is 11.1 Å². The third-order valence-electron chi connectivity index (χ3n) is 2.54. The van der Waals surface area contributed by atoms with E-state index in [0.717, 1.165) is 27.1 Å². The number of hydrogen-bond donors (Lipinski definition) is 1. The van der Waals surface area contributed by atoms with Crippen molar-refractivity contribution in [1.29, 1.82) is 0 Å². The first-order valence-electron chi connectivity index (χ1n) is 5.42. The Labute approximate surface area is 110 Å². The van der Waals surface area contributed by atoms with Crippen molar-refractivity contribution in [2.45, 2.75) is 13.5 Å². The summed E-state index contributed by atoms with van der Waals surface area (Å²) in [4.78, 5) is 0. The summed E-state index contributed by atoms with van der Waals surface area (Å²) in [5.41, 5.74) is 7.79. The van der Waals surface area contributed by atoms with E-state index in [2.05, 4.69) is 15.9 Å². The van der Waals surface area contributed by atoms with E-state index >= 15 is 0 Å². The Kier molecular flexibility index (Phi) is 3.82. The number of para-hydroxylation sites is 1. The fourth-order valence-corrected chi connectivity index (χ4v) is 1.89. The van der Waals surface area contributed by atoms with Crippen LogP contribution in [0.5, 0.6) is 11.5 Å². The predicted octanol–water partition coefficient (Wildman–Crippen LogP) is 4.01. The summed E-state index contributed by atoms with van der Waals surface area (Å²) in [5.74, 6) is 1.66. The lowest BCUT2D eigenvalue weighted by molar-refractivity contribution is 0.475. The Morgan fingerprint density at radius 3 is 2.59 bits per heavy atom. The monoisotopic (exact) mass is 291 g/mol. The molecule has 0 saturated carbocycles. The molecule has 0 aromatic heterocycles. The van der Waals surface area contributed by atoms with Crippen molar-refractivity contribution in [3.05, 3.63) is 58.1 Å². The van der Waals surface area contributed by atoms with Crippen LogP contribution in [-0.2, 0) is 6.54 Å². The van der Waals surface area contributed by atoms with Crippen LogP contribution in [0.15, 0.2) is 46.9 Å². The second kappa shape index (κ2) is 5.34. The lowest BCUT2D eigenvalue weighted by Gasteiger charge is -2.11. The van der Waals surface area contributed by atoms with E-state index in [-0.39, 0.29) is 0 Å². The number of nitrogens with two attached hydrogens (primary N) is 1. The zero-order chi connectivity index (χ0) is 12.3. The molecule has 0 bridgehead atoms. The molecule has 0 saturated heterocycles. The van der Waals surface area contributed by atoms with Crippen LogP contribution in [0.3, 0.4) is 0 Å². The predicted molar refractivity (Wildman–Crippen MR) is 73.3 cm³/mol. The molecule has 2 aromatic carbocycles. The maximum Gasteiger partial charge on any atom is 0.141 e. The standard InChI is InChI=1S/C14H14BrNO/c1-10-6-7-11(9-16)8-14(10)17-13-5-3-2-4-12(13)15/h2-8H,9,16H2,1H3. The third-order valence-corrected chi connectivity index (χ3v) is 3.20. The Balaban J connectivity index is 2.32. The SMILES string of the molecule is Cc1ccc(CN)cc1Oc1ccccc1Br. The molecule has 0 heterocycles.